The van der Waals surface area contributed by atoms with Gasteiger partial charge in [-0.1, -0.05) is 43.2 Å². The average Bonchev–Trinajstić information content (AvgIpc) is 2.79. The fourth-order valence-electron chi connectivity index (χ4n) is 5.72. The summed E-state index contributed by atoms with van der Waals surface area (Å²) in [7, 11) is 0. The van der Waals surface area contributed by atoms with Crippen LogP contribution in [-0.2, 0) is 25.5 Å². The topological polar surface area (TPSA) is 95.9 Å². The molecule has 0 aliphatic heterocycles. The van der Waals surface area contributed by atoms with Gasteiger partial charge in [-0.2, -0.15) is 0 Å². The molecule has 8 heteroatoms. The Hall–Kier alpha value is -2.12. The fraction of sp³-hybridized carbons (Fsp3) is 0.654. The van der Waals surface area contributed by atoms with E-state index in [4.69, 9.17) is 4.74 Å². The van der Waals surface area contributed by atoms with Crippen molar-refractivity contribution in [1.29, 1.82) is 0 Å². The van der Waals surface area contributed by atoms with E-state index in [1.807, 2.05) is 30.3 Å². The van der Waals surface area contributed by atoms with E-state index in [1.54, 1.807) is 18.7 Å². The van der Waals surface area contributed by atoms with Crippen molar-refractivity contribution in [3.8, 4) is 0 Å². The predicted molar refractivity (Wildman–Crippen MR) is 133 cm³/mol. The van der Waals surface area contributed by atoms with Crippen molar-refractivity contribution in [2.45, 2.75) is 83.3 Å². The molecule has 3 rings (SSSR count). The number of carboxylic acids is 1. The highest BCUT2D eigenvalue weighted by Crippen LogP contribution is 2.42. The number of halogens is 1. The number of carboxylic acid groups (broad SMARTS) is 1. The number of carbonyl (C=O) groups is 3. The number of hydrogen-bond acceptors (Lipinski definition) is 5. The monoisotopic (exact) mass is 494 g/mol. The molecule has 0 spiro atoms. The van der Waals surface area contributed by atoms with Crippen LogP contribution in [0.4, 0.5) is 0 Å². The first-order chi connectivity index (χ1) is 15.9. The van der Waals surface area contributed by atoms with E-state index in [-0.39, 0.29) is 43.5 Å². The number of aryl methyl sites for hydroxylation is 1. The van der Waals surface area contributed by atoms with Gasteiger partial charge in [0.2, 0.25) is 5.91 Å². The van der Waals surface area contributed by atoms with Crippen LogP contribution in [-0.4, -0.2) is 59.1 Å². The van der Waals surface area contributed by atoms with E-state index in [0.29, 0.717) is 24.7 Å². The molecule has 2 bridgehead atoms. The number of fused-ring (bicyclic) bond motifs is 2. The number of benzene rings is 1. The summed E-state index contributed by atoms with van der Waals surface area (Å²) < 4.78 is 5.25. The standard InChI is InChI=1S/C26H38N2O5.ClH/c1-3-33-26(32)22(16-15-19-9-5-4-6-10-19)27-18(2)25(31)28(17-23(29)30)24-20-11-7-12-21(24)14-8-13-20;/h4-6,9-10,18,20-22,24,27H,3,7-8,11-17H2,1-2H3,(H,29,30);1H/t18-,20?,21?,22-,24?;/m0./s1. The minimum absolute atomic E-state index is 0. The molecule has 0 unspecified atom stereocenters. The third-order valence-corrected chi connectivity index (χ3v) is 7.17. The molecule has 0 aromatic heterocycles. The summed E-state index contributed by atoms with van der Waals surface area (Å²) in [6.07, 6.45) is 7.67. The second-order valence-electron chi connectivity index (χ2n) is 9.45. The van der Waals surface area contributed by atoms with Crippen LogP contribution in [0.2, 0.25) is 0 Å². The molecule has 2 aliphatic carbocycles. The van der Waals surface area contributed by atoms with Crippen molar-refractivity contribution in [1.82, 2.24) is 10.2 Å². The molecule has 1 aromatic carbocycles. The van der Waals surface area contributed by atoms with Crippen molar-refractivity contribution in [3.05, 3.63) is 35.9 Å². The molecule has 1 aromatic rings. The van der Waals surface area contributed by atoms with E-state index in [9.17, 15) is 19.5 Å². The summed E-state index contributed by atoms with van der Waals surface area (Å²) in [5.41, 5.74) is 1.11. The second kappa shape index (κ2) is 13.7. The highest BCUT2D eigenvalue weighted by atomic mass is 35.5. The molecule has 2 saturated carbocycles. The molecule has 0 heterocycles. The SMILES string of the molecule is CCOC(=O)[C@H](CCc1ccccc1)N[C@@H](C)C(=O)N(CC(=O)O)C1C2CCCC1CCC2.Cl. The molecular formula is C26H39ClN2O5. The first kappa shape index (κ1) is 28.1. The maximum absolute atomic E-state index is 13.5. The Kier molecular flexibility index (Phi) is 11.3. The molecule has 34 heavy (non-hydrogen) atoms. The Balaban J connectivity index is 0.00000408. The largest absolute Gasteiger partial charge is 0.480 e. The van der Waals surface area contributed by atoms with Crippen LogP contribution < -0.4 is 5.32 Å². The lowest BCUT2D eigenvalue weighted by molar-refractivity contribution is -0.152. The minimum Gasteiger partial charge on any atom is -0.480 e. The Morgan fingerprint density at radius 1 is 1.09 bits per heavy atom. The summed E-state index contributed by atoms with van der Waals surface area (Å²) in [6.45, 7) is 3.46. The first-order valence-corrected chi connectivity index (χ1v) is 12.4. The number of amides is 1. The molecule has 7 nitrogen and oxygen atoms in total. The molecule has 2 N–H and O–H groups in total. The smallest absolute Gasteiger partial charge is 0.323 e. The van der Waals surface area contributed by atoms with Crippen molar-refractivity contribution in [3.63, 3.8) is 0 Å². The van der Waals surface area contributed by atoms with Crippen molar-refractivity contribution >= 4 is 30.3 Å². The van der Waals surface area contributed by atoms with E-state index in [2.05, 4.69) is 5.32 Å². The summed E-state index contributed by atoms with van der Waals surface area (Å²) >= 11 is 0. The first-order valence-electron chi connectivity index (χ1n) is 12.4. The van der Waals surface area contributed by atoms with Gasteiger partial charge in [0.1, 0.15) is 12.6 Å². The third-order valence-electron chi connectivity index (χ3n) is 7.17. The zero-order valence-electron chi connectivity index (χ0n) is 20.3. The van der Waals surface area contributed by atoms with Crippen LogP contribution in [0.5, 0.6) is 0 Å². The van der Waals surface area contributed by atoms with Gasteiger partial charge in [0.15, 0.2) is 0 Å². The van der Waals surface area contributed by atoms with Crippen molar-refractivity contribution in [2.24, 2.45) is 11.8 Å². The summed E-state index contributed by atoms with van der Waals surface area (Å²) in [6, 6.07) is 8.53. The summed E-state index contributed by atoms with van der Waals surface area (Å²) in [5.74, 6) is -0.883. The second-order valence-corrected chi connectivity index (χ2v) is 9.45. The van der Waals surface area contributed by atoms with Crippen LogP contribution in [0.3, 0.4) is 0 Å². The predicted octanol–water partition coefficient (Wildman–Crippen LogP) is 3.83. The molecule has 2 fully saturated rings. The molecule has 190 valence electrons. The fourth-order valence-corrected chi connectivity index (χ4v) is 5.72. The lowest BCUT2D eigenvalue weighted by Gasteiger charge is -2.48. The number of carbonyl (C=O) groups excluding carboxylic acids is 2. The number of ether oxygens (including phenoxy) is 1. The summed E-state index contributed by atoms with van der Waals surface area (Å²) in [4.78, 5) is 39.5. The van der Waals surface area contributed by atoms with Crippen LogP contribution in [0.25, 0.3) is 0 Å². The number of rotatable bonds is 11. The van der Waals surface area contributed by atoms with Gasteiger partial charge in [-0.3, -0.25) is 19.7 Å². The van der Waals surface area contributed by atoms with Gasteiger partial charge in [-0.15, -0.1) is 12.4 Å². The van der Waals surface area contributed by atoms with Crippen molar-refractivity contribution < 1.29 is 24.2 Å². The van der Waals surface area contributed by atoms with Gasteiger partial charge >= 0.3 is 11.9 Å². The summed E-state index contributed by atoms with van der Waals surface area (Å²) in [5, 5.41) is 12.7. The van der Waals surface area contributed by atoms with Gasteiger partial charge in [0.25, 0.3) is 0 Å². The van der Waals surface area contributed by atoms with E-state index < -0.39 is 18.1 Å². The highest BCUT2D eigenvalue weighted by molar-refractivity contribution is 5.86. The Morgan fingerprint density at radius 2 is 1.68 bits per heavy atom. The van der Waals surface area contributed by atoms with Gasteiger partial charge in [-0.05, 0) is 69.8 Å². The lowest BCUT2D eigenvalue weighted by atomic mass is 9.67. The van der Waals surface area contributed by atoms with Crippen LogP contribution >= 0.6 is 12.4 Å². The Morgan fingerprint density at radius 3 is 2.21 bits per heavy atom. The molecular weight excluding hydrogens is 456 g/mol. The van der Waals surface area contributed by atoms with Gasteiger partial charge in [0, 0.05) is 6.04 Å². The maximum atomic E-state index is 13.5. The van der Waals surface area contributed by atoms with Crippen LogP contribution in [0.15, 0.2) is 30.3 Å². The van der Waals surface area contributed by atoms with Crippen LogP contribution in [0, 0.1) is 11.8 Å². The molecule has 2 atom stereocenters. The average molecular weight is 495 g/mol. The Labute approximate surface area is 209 Å². The van der Waals surface area contributed by atoms with E-state index in [0.717, 1.165) is 44.1 Å². The van der Waals surface area contributed by atoms with Gasteiger partial charge in [-0.25, -0.2) is 0 Å². The normalized spacial score (nSPS) is 23.2. The molecule has 0 saturated heterocycles. The highest BCUT2D eigenvalue weighted by Gasteiger charge is 2.43. The molecule has 0 radical (unpaired) electrons. The number of aliphatic carboxylic acids is 1. The van der Waals surface area contributed by atoms with E-state index >= 15 is 0 Å². The number of hydrogen-bond donors (Lipinski definition) is 2. The quantitative estimate of drug-likeness (QED) is 0.454. The Bertz CT molecular complexity index is 784. The van der Waals surface area contributed by atoms with Crippen LogP contribution in [0.1, 0.15) is 64.4 Å². The zero-order chi connectivity index (χ0) is 23.8. The zero-order valence-corrected chi connectivity index (χ0v) is 21.1. The maximum Gasteiger partial charge on any atom is 0.323 e. The lowest BCUT2D eigenvalue weighted by Crippen LogP contribution is -2.59. The third kappa shape index (κ3) is 7.44. The number of esters is 1. The van der Waals surface area contributed by atoms with Gasteiger partial charge < -0.3 is 14.7 Å². The minimum atomic E-state index is -0.995. The van der Waals surface area contributed by atoms with Gasteiger partial charge in [0.05, 0.1) is 12.6 Å². The van der Waals surface area contributed by atoms with Crippen molar-refractivity contribution in [2.75, 3.05) is 13.2 Å². The molecule has 1 amide bonds. The molecule has 2 aliphatic rings. The van der Waals surface area contributed by atoms with E-state index in [1.165, 1.54) is 0 Å². The number of nitrogens with zero attached hydrogens (tertiary/aromatic N) is 1. The number of nitrogens with one attached hydrogen (secondary N) is 1.